The zero-order valence-corrected chi connectivity index (χ0v) is 17.3. The van der Waals surface area contributed by atoms with Gasteiger partial charge >= 0.3 is 12.0 Å². The van der Waals surface area contributed by atoms with Crippen LogP contribution in [-0.4, -0.2) is 60.3 Å². The molecule has 0 saturated carbocycles. The summed E-state index contributed by atoms with van der Waals surface area (Å²) in [5, 5.41) is 11.9. The summed E-state index contributed by atoms with van der Waals surface area (Å²) in [5.74, 6) is -1.54. The van der Waals surface area contributed by atoms with E-state index < -0.39 is 24.0 Å². The van der Waals surface area contributed by atoms with Crippen molar-refractivity contribution in [3.63, 3.8) is 0 Å². The van der Waals surface area contributed by atoms with Crippen molar-refractivity contribution < 1.29 is 23.9 Å². The molecule has 2 heterocycles. The Morgan fingerprint density at radius 3 is 2.62 bits per heavy atom. The molecule has 0 radical (unpaired) electrons. The molecule has 0 aromatic carbocycles. The minimum Gasteiger partial charge on any atom is -0.448 e. The number of methoxy groups -OCH3 is 1. The van der Waals surface area contributed by atoms with Crippen LogP contribution in [0.2, 0.25) is 0 Å². The summed E-state index contributed by atoms with van der Waals surface area (Å²) in [6.07, 6.45) is 0.262. The highest BCUT2D eigenvalue weighted by atomic mass is 16.5. The molecule has 0 spiro atoms. The minimum atomic E-state index is -1.18. The Bertz CT molecular complexity index is 880. The van der Waals surface area contributed by atoms with Gasteiger partial charge in [-0.2, -0.15) is 5.26 Å². The van der Waals surface area contributed by atoms with E-state index in [1.165, 1.54) is 13.0 Å². The predicted octanol–water partition coefficient (Wildman–Crippen LogP) is 1.70. The summed E-state index contributed by atoms with van der Waals surface area (Å²) < 4.78 is 12.4. The molecule has 1 aromatic rings. The lowest BCUT2D eigenvalue weighted by atomic mass is 10.1. The van der Waals surface area contributed by atoms with E-state index in [-0.39, 0.29) is 18.2 Å². The van der Waals surface area contributed by atoms with Gasteiger partial charge in [0.2, 0.25) is 0 Å². The highest BCUT2D eigenvalue weighted by molar-refractivity contribution is 6.02. The Hall–Kier alpha value is -3.12. The number of nitrogens with one attached hydrogen (secondary N) is 1. The molecule has 2 rings (SSSR count). The first-order valence-corrected chi connectivity index (χ1v) is 9.30. The van der Waals surface area contributed by atoms with Gasteiger partial charge in [0, 0.05) is 31.6 Å². The van der Waals surface area contributed by atoms with Crippen LogP contribution in [0.1, 0.15) is 36.8 Å². The molecule has 156 valence electrons. The molecule has 0 aliphatic carbocycles. The Labute approximate surface area is 169 Å². The first kappa shape index (κ1) is 22.2. The highest BCUT2D eigenvalue weighted by Gasteiger charge is 2.32. The fraction of sp³-hybridized carbons (Fsp3) is 0.500. The van der Waals surface area contributed by atoms with Crippen molar-refractivity contribution in [3.05, 3.63) is 28.6 Å². The topological polar surface area (TPSA) is 114 Å². The summed E-state index contributed by atoms with van der Waals surface area (Å²) in [6.45, 7) is 8.30. The van der Waals surface area contributed by atoms with Gasteiger partial charge in [0.15, 0.2) is 6.10 Å². The Morgan fingerprint density at radius 1 is 1.38 bits per heavy atom. The normalized spacial score (nSPS) is 16.2. The molecule has 1 saturated heterocycles. The summed E-state index contributed by atoms with van der Waals surface area (Å²) in [5.41, 5.74) is 2.32. The van der Waals surface area contributed by atoms with Crippen LogP contribution in [-0.2, 0) is 19.1 Å². The van der Waals surface area contributed by atoms with E-state index >= 15 is 0 Å². The van der Waals surface area contributed by atoms with Gasteiger partial charge in [0.1, 0.15) is 11.6 Å². The lowest BCUT2D eigenvalue weighted by molar-refractivity contribution is -0.153. The number of aryl methyl sites for hydroxylation is 1. The van der Waals surface area contributed by atoms with Crippen LogP contribution in [0.25, 0.3) is 6.08 Å². The third-order valence-electron chi connectivity index (χ3n) is 4.77. The van der Waals surface area contributed by atoms with Gasteiger partial charge in [0.25, 0.3) is 5.91 Å². The van der Waals surface area contributed by atoms with Crippen LogP contribution in [0.4, 0.5) is 4.79 Å². The van der Waals surface area contributed by atoms with Gasteiger partial charge in [-0.3, -0.25) is 9.69 Å². The van der Waals surface area contributed by atoms with Crippen molar-refractivity contribution in [2.45, 2.75) is 39.8 Å². The lowest BCUT2D eigenvalue weighted by Gasteiger charge is -2.18. The number of nitriles is 1. The van der Waals surface area contributed by atoms with E-state index in [0.717, 1.165) is 16.3 Å². The molecule has 9 heteroatoms. The van der Waals surface area contributed by atoms with Gasteiger partial charge < -0.3 is 19.4 Å². The van der Waals surface area contributed by atoms with Crippen LogP contribution >= 0.6 is 0 Å². The van der Waals surface area contributed by atoms with Crippen molar-refractivity contribution in [3.8, 4) is 6.07 Å². The van der Waals surface area contributed by atoms with Crippen LogP contribution < -0.4 is 5.32 Å². The molecule has 1 fully saturated rings. The van der Waals surface area contributed by atoms with Crippen LogP contribution in [0.15, 0.2) is 11.6 Å². The molecular formula is C20H26N4O5. The fourth-order valence-corrected chi connectivity index (χ4v) is 3.41. The standard InChI is InChI=1S/C20H26N4O5/c1-12-8-16(14(3)24(12)13(2)11-28-5)9-17(10-21)19(26)29-15(4)18(25)23-7-6-22-20(23)27/h8-9,13,15H,6-7,11H2,1-5H3,(H,22,27)/b17-9+/t13-,15-/m0/s1. The quantitative estimate of drug-likeness (QED) is 0.422. The van der Waals surface area contributed by atoms with Gasteiger partial charge in [0.05, 0.1) is 12.6 Å². The summed E-state index contributed by atoms with van der Waals surface area (Å²) in [7, 11) is 1.63. The average Bonchev–Trinajstić information content (AvgIpc) is 3.21. The van der Waals surface area contributed by atoms with Gasteiger partial charge in [-0.15, -0.1) is 0 Å². The number of nitrogens with zero attached hydrogens (tertiary/aromatic N) is 3. The predicted molar refractivity (Wildman–Crippen MR) is 105 cm³/mol. The second-order valence-corrected chi connectivity index (χ2v) is 6.94. The van der Waals surface area contributed by atoms with Gasteiger partial charge in [-0.25, -0.2) is 9.59 Å². The molecule has 0 unspecified atom stereocenters. The smallest absolute Gasteiger partial charge is 0.349 e. The van der Waals surface area contributed by atoms with Crippen molar-refractivity contribution in [1.29, 1.82) is 5.26 Å². The molecule has 9 nitrogen and oxygen atoms in total. The Morgan fingerprint density at radius 2 is 2.07 bits per heavy atom. The number of aromatic nitrogens is 1. The van der Waals surface area contributed by atoms with E-state index in [1.807, 2.05) is 32.9 Å². The first-order chi connectivity index (χ1) is 13.7. The van der Waals surface area contributed by atoms with E-state index in [9.17, 15) is 19.6 Å². The second kappa shape index (κ2) is 9.39. The number of rotatable bonds is 7. The maximum absolute atomic E-state index is 12.4. The maximum atomic E-state index is 12.4. The summed E-state index contributed by atoms with van der Waals surface area (Å²) >= 11 is 0. The average molecular weight is 402 g/mol. The Balaban J connectivity index is 2.18. The summed E-state index contributed by atoms with van der Waals surface area (Å²) in [4.78, 5) is 37.3. The highest BCUT2D eigenvalue weighted by Crippen LogP contribution is 2.23. The number of esters is 1. The lowest BCUT2D eigenvalue weighted by Crippen LogP contribution is -2.41. The maximum Gasteiger partial charge on any atom is 0.349 e. The number of carbonyl (C=O) groups is 3. The van der Waals surface area contributed by atoms with E-state index in [4.69, 9.17) is 9.47 Å². The summed E-state index contributed by atoms with van der Waals surface area (Å²) in [6, 6.07) is 3.27. The molecule has 3 amide bonds. The third-order valence-corrected chi connectivity index (χ3v) is 4.77. The number of ether oxygens (including phenoxy) is 2. The van der Waals surface area contributed by atoms with Gasteiger partial charge in [-0.05, 0) is 45.4 Å². The number of carbonyl (C=O) groups excluding carboxylic acids is 3. The van der Waals surface area contributed by atoms with Crippen molar-refractivity contribution in [2.24, 2.45) is 0 Å². The minimum absolute atomic E-state index is 0.0869. The van der Waals surface area contributed by atoms with E-state index in [1.54, 1.807) is 7.11 Å². The van der Waals surface area contributed by atoms with Gasteiger partial charge in [-0.1, -0.05) is 0 Å². The van der Waals surface area contributed by atoms with Crippen LogP contribution in [0, 0.1) is 25.2 Å². The molecule has 1 aliphatic heterocycles. The first-order valence-electron chi connectivity index (χ1n) is 9.30. The molecule has 2 atom stereocenters. The zero-order chi connectivity index (χ0) is 21.7. The SMILES string of the molecule is COC[C@H](C)n1c(C)cc(/C=C(\C#N)C(=O)O[C@@H](C)C(=O)N2CCNC2=O)c1C. The van der Waals surface area contributed by atoms with E-state index in [0.29, 0.717) is 18.7 Å². The molecule has 1 aliphatic rings. The second-order valence-electron chi connectivity index (χ2n) is 6.94. The Kier molecular flexibility index (Phi) is 7.18. The number of hydrogen-bond acceptors (Lipinski definition) is 6. The number of amides is 3. The molecule has 0 bridgehead atoms. The van der Waals surface area contributed by atoms with Crippen molar-refractivity contribution in [1.82, 2.24) is 14.8 Å². The van der Waals surface area contributed by atoms with Crippen molar-refractivity contribution >= 4 is 24.0 Å². The number of hydrogen-bond donors (Lipinski definition) is 1. The monoisotopic (exact) mass is 402 g/mol. The molecule has 1 N–H and O–H groups in total. The van der Waals surface area contributed by atoms with E-state index in [2.05, 4.69) is 9.88 Å². The number of urea groups is 1. The number of imide groups is 1. The molecule has 29 heavy (non-hydrogen) atoms. The fourth-order valence-electron chi connectivity index (χ4n) is 3.41. The third kappa shape index (κ3) is 4.84. The molecular weight excluding hydrogens is 376 g/mol. The largest absolute Gasteiger partial charge is 0.448 e. The zero-order valence-electron chi connectivity index (χ0n) is 17.3. The van der Waals surface area contributed by atoms with Crippen molar-refractivity contribution in [2.75, 3.05) is 26.8 Å². The molecule has 1 aromatic heterocycles. The van der Waals surface area contributed by atoms with Crippen LogP contribution in [0.3, 0.4) is 0 Å². The van der Waals surface area contributed by atoms with Crippen LogP contribution in [0.5, 0.6) is 0 Å².